The van der Waals surface area contributed by atoms with Gasteiger partial charge < -0.3 is 5.11 Å². The molecule has 2 heteroatoms. The lowest BCUT2D eigenvalue weighted by molar-refractivity contribution is -0.0123. The van der Waals surface area contributed by atoms with E-state index in [0.717, 1.165) is 18.4 Å². The zero-order valence-corrected chi connectivity index (χ0v) is 9.24. The monoisotopic (exact) mass is 196 g/mol. The van der Waals surface area contributed by atoms with E-state index in [0.29, 0.717) is 0 Å². The molecule has 1 atom stereocenters. The maximum atomic E-state index is 10.4. The first-order valence-corrected chi connectivity index (χ1v) is 5.62. The van der Waals surface area contributed by atoms with Gasteiger partial charge in [0.15, 0.2) is 0 Å². The summed E-state index contributed by atoms with van der Waals surface area (Å²) >= 11 is 1.72. The third kappa shape index (κ3) is 1.32. The van der Waals surface area contributed by atoms with Gasteiger partial charge >= 0.3 is 0 Å². The van der Waals surface area contributed by atoms with E-state index in [-0.39, 0.29) is 5.41 Å². The summed E-state index contributed by atoms with van der Waals surface area (Å²) < 4.78 is 0. The zero-order valence-electron chi connectivity index (χ0n) is 8.42. The Morgan fingerprint density at radius 2 is 2.15 bits per heavy atom. The molecule has 1 aliphatic rings. The minimum atomic E-state index is -0.627. The molecular formula is C11H16OS. The van der Waals surface area contributed by atoms with Gasteiger partial charge in [0.2, 0.25) is 0 Å². The normalized spacial score (nSPS) is 24.0. The topological polar surface area (TPSA) is 20.2 Å². The Bertz CT molecular complexity index is 321. The van der Waals surface area contributed by atoms with Crippen LogP contribution in [0.25, 0.3) is 0 Å². The van der Waals surface area contributed by atoms with E-state index in [2.05, 4.69) is 25.3 Å². The van der Waals surface area contributed by atoms with Gasteiger partial charge in [0, 0.05) is 10.3 Å². The minimum absolute atomic E-state index is 0.126. The number of rotatable bonds is 2. The van der Waals surface area contributed by atoms with Crippen molar-refractivity contribution in [2.45, 2.75) is 39.2 Å². The van der Waals surface area contributed by atoms with Crippen molar-refractivity contribution in [1.82, 2.24) is 0 Å². The number of aliphatic hydroxyl groups is 1. The summed E-state index contributed by atoms with van der Waals surface area (Å²) in [7, 11) is 0. The summed E-state index contributed by atoms with van der Waals surface area (Å²) in [5.74, 6) is 0. The molecule has 0 radical (unpaired) electrons. The van der Waals surface area contributed by atoms with Gasteiger partial charge in [-0.2, -0.15) is 0 Å². The highest BCUT2D eigenvalue weighted by Crippen LogP contribution is 2.58. The van der Waals surface area contributed by atoms with Crippen molar-refractivity contribution >= 4 is 11.3 Å². The molecule has 0 saturated heterocycles. The fourth-order valence-corrected chi connectivity index (χ4v) is 2.53. The van der Waals surface area contributed by atoms with Crippen LogP contribution in [0.4, 0.5) is 0 Å². The summed E-state index contributed by atoms with van der Waals surface area (Å²) in [6.07, 6.45) is 2.30. The van der Waals surface area contributed by atoms with Gasteiger partial charge in [-0.25, -0.2) is 0 Å². The van der Waals surface area contributed by atoms with Crippen molar-refractivity contribution in [1.29, 1.82) is 0 Å². The predicted octanol–water partition coefficient (Wildman–Crippen LogP) is 3.06. The Labute approximate surface area is 83.4 Å². The van der Waals surface area contributed by atoms with E-state index < -0.39 is 5.60 Å². The fourth-order valence-electron chi connectivity index (χ4n) is 1.72. The second-order valence-electron chi connectivity index (χ2n) is 4.58. The third-order valence-electron chi connectivity index (χ3n) is 3.47. The molecule has 0 spiro atoms. The lowest BCUT2D eigenvalue weighted by Gasteiger charge is -2.29. The summed E-state index contributed by atoms with van der Waals surface area (Å²) in [4.78, 5) is 1.28. The summed E-state index contributed by atoms with van der Waals surface area (Å²) in [5.41, 5.74) is 0.591. The Balaban J connectivity index is 2.34. The van der Waals surface area contributed by atoms with E-state index in [1.165, 1.54) is 4.88 Å². The van der Waals surface area contributed by atoms with E-state index in [4.69, 9.17) is 0 Å². The molecule has 13 heavy (non-hydrogen) atoms. The number of aryl methyl sites for hydroxylation is 1. The molecule has 1 aromatic heterocycles. The van der Waals surface area contributed by atoms with E-state index in [1.807, 2.05) is 6.92 Å². The Kier molecular flexibility index (Phi) is 1.83. The Morgan fingerprint density at radius 1 is 1.54 bits per heavy atom. The molecule has 1 nitrogen and oxygen atoms in total. The number of hydrogen-bond acceptors (Lipinski definition) is 2. The molecule has 1 aliphatic carbocycles. The number of hydrogen-bond donors (Lipinski definition) is 1. The first-order chi connectivity index (χ1) is 5.96. The van der Waals surface area contributed by atoms with Crippen LogP contribution >= 0.6 is 11.3 Å². The SMILES string of the molecule is Cc1cc(C(C)(O)C2(C)CC2)cs1. The van der Waals surface area contributed by atoms with E-state index >= 15 is 0 Å². The van der Waals surface area contributed by atoms with Crippen LogP contribution in [0.5, 0.6) is 0 Å². The maximum absolute atomic E-state index is 10.4. The second kappa shape index (κ2) is 2.58. The molecule has 0 bridgehead atoms. The van der Waals surface area contributed by atoms with Crippen LogP contribution in [0.15, 0.2) is 11.4 Å². The van der Waals surface area contributed by atoms with Crippen molar-refractivity contribution in [3.8, 4) is 0 Å². The molecule has 1 aromatic rings. The van der Waals surface area contributed by atoms with Gasteiger partial charge in [0.25, 0.3) is 0 Å². The zero-order chi connectivity index (χ0) is 9.69. The molecule has 1 fully saturated rings. The van der Waals surface area contributed by atoms with Gasteiger partial charge in [-0.1, -0.05) is 6.92 Å². The van der Waals surface area contributed by atoms with Gasteiger partial charge in [0.05, 0.1) is 5.60 Å². The van der Waals surface area contributed by atoms with E-state index in [1.54, 1.807) is 11.3 Å². The Hall–Kier alpha value is -0.340. The van der Waals surface area contributed by atoms with Crippen molar-refractivity contribution in [3.05, 3.63) is 21.9 Å². The standard InChI is InChI=1S/C11H16OS/c1-8-6-9(7-13-8)11(3,12)10(2)4-5-10/h6-7,12H,4-5H2,1-3H3. The van der Waals surface area contributed by atoms with Crippen LogP contribution < -0.4 is 0 Å². The lowest BCUT2D eigenvalue weighted by atomic mass is 9.82. The molecule has 2 rings (SSSR count). The first kappa shape index (κ1) is 9.22. The van der Waals surface area contributed by atoms with Crippen LogP contribution in [0.3, 0.4) is 0 Å². The molecule has 0 aliphatic heterocycles. The van der Waals surface area contributed by atoms with Gasteiger partial charge in [-0.15, -0.1) is 11.3 Å². The summed E-state index contributed by atoms with van der Waals surface area (Å²) in [5, 5.41) is 12.5. The van der Waals surface area contributed by atoms with Gasteiger partial charge in [-0.05, 0) is 43.7 Å². The average Bonchev–Trinajstić information content (AvgIpc) is 2.63. The molecule has 1 heterocycles. The van der Waals surface area contributed by atoms with Gasteiger partial charge in [0.1, 0.15) is 0 Å². The first-order valence-electron chi connectivity index (χ1n) is 4.74. The highest BCUT2D eigenvalue weighted by Gasteiger charge is 2.53. The second-order valence-corrected chi connectivity index (χ2v) is 5.69. The predicted molar refractivity (Wildman–Crippen MR) is 56.0 cm³/mol. The molecular weight excluding hydrogens is 180 g/mol. The quantitative estimate of drug-likeness (QED) is 0.770. The number of thiophene rings is 1. The van der Waals surface area contributed by atoms with Crippen LogP contribution in [0.2, 0.25) is 0 Å². The van der Waals surface area contributed by atoms with Crippen LogP contribution in [-0.4, -0.2) is 5.11 Å². The minimum Gasteiger partial charge on any atom is -0.385 e. The summed E-state index contributed by atoms with van der Waals surface area (Å²) in [6.45, 7) is 6.20. The highest BCUT2D eigenvalue weighted by molar-refractivity contribution is 7.10. The van der Waals surface area contributed by atoms with Crippen molar-refractivity contribution < 1.29 is 5.11 Å². The lowest BCUT2D eigenvalue weighted by Crippen LogP contribution is -2.30. The molecule has 1 N–H and O–H groups in total. The van der Waals surface area contributed by atoms with Crippen LogP contribution in [-0.2, 0) is 5.60 Å². The maximum Gasteiger partial charge on any atom is 0.0929 e. The smallest absolute Gasteiger partial charge is 0.0929 e. The Morgan fingerprint density at radius 3 is 2.54 bits per heavy atom. The molecule has 1 unspecified atom stereocenters. The van der Waals surface area contributed by atoms with Crippen molar-refractivity contribution in [2.75, 3.05) is 0 Å². The highest BCUT2D eigenvalue weighted by atomic mass is 32.1. The third-order valence-corrected chi connectivity index (χ3v) is 4.33. The fraction of sp³-hybridized carbons (Fsp3) is 0.636. The van der Waals surface area contributed by atoms with Crippen molar-refractivity contribution in [3.63, 3.8) is 0 Å². The molecule has 72 valence electrons. The van der Waals surface area contributed by atoms with E-state index in [9.17, 15) is 5.11 Å². The van der Waals surface area contributed by atoms with Crippen LogP contribution in [0.1, 0.15) is 37.1 Å². The van der Waals surface area contributed by atoms with Gasteiger partial charge in [-0.3, -0.25) is 0 Å². The molecule has 0 aromatic carbocycles. The molecule has 0 amide bonds. The largest absolute Gasteiger partial charge is 0.385 e. The summed E-state index contributed by atoms with van der Waals surface area (Å²) in [6, 6.07) is 2.11. The molecule has 1 saturated carbocycles. The average molecular weight is 196 g/mol. The van der Waals surface area contributed by atoms with Crippen LogP contribution in [0, 0.1) is 12.3 Å². The van der Waals surface area contributed by atoms with Crippen molar-refractivity contribution in [2.24, 2.45) is 5.41 Å².